The van der Waals surface area contributed by atoms with Crippen LogP contribution in [-0.4, -0.2) is 47.6 Å². The monoisotopic (exact) mass is 465 g/mol. The van der Waals surface area contributed by atoms with Crippen LogP contribution in [-0.2, 0) is 20.8 Å². The number of ether oxygens (including phenoxy) is 3. The van der Waals surface area contributed by atoms with Crippen LogP contribution in [0.4, 0.5) is 0 Å². The Morgan fingerprint density at radius 3 is 2.71 bits per heavy atom. The van der Waals surface area contributed by atoms with Gasteiger partial charge in [-0.3, -0.25) is 4.79 Å². The van der Waals surface area contributed by atoms with Crippen molar-refractivity contribution in [3.63, 3.8) is 0 Å². The van der Waals surface area contributed by atoms with Gasteiger partial charge in [-0.1, -0.05) is 24.3 Å². The normalized spacial score (nSPS) is 20.0. The minimum atomic E-state index is -0.597. The number of carbonyl (C=O) groups is 1. The number of benzene rings is 2. The van der Waals surface area contributed by atoms with Crippen LogP contribution in [0.15, 0.2) is 60.4 Å². The first-order valence-electron chi connectivity index (χ1n) is 11.6. The molecule has 0 unspecified atom stereocenters. The van der Waals surface area contributed by atoms with Crippen molar-refractivity contribution in [1.29, 1.82) is 0 Å². The maximum Gasteiger partial charge on any atom is 0.286 e. The van der Waals surface area contributed by atoms with Crippen molar-refractivity contribution in [1.82, 2.24) is 15.3 Å². The number of aromatic nitrogens is 2. The van der Waals surface area contributed by atoms with Crippen molar-refractivity contribution < 1.29 is 24.1 Å². The molecule has 1 aliphatic rings. The van der Waals surface area contributed by atoms with Crippen molar-refractivity contribution in [3.8, 4) is 5.75 Å². The van der Waals surface area contributed by atoms with E-state index in [1.165, 1.54) is 0 Å². The number of nitrogens with one attached hydrogen (secondary N) is 2. The Bertz CT molecular complexity index is 1090. The van der Waals surface area contributed by atoms with Crippen molar-refractivity contribution >= 4 is 16.9 Å². The first-order chi connectivity index (χ1) is 16.6. The number of nitrogens with zero attached hydrogens (tertiary/aromatic N) is 1. The second-order valence-corrected chi connectivity index (χ2v) is 8.18. The Hall–Kier alpha value is -3.36. The number of allylic oxidation sites excluding steroid dienone is 1. The summed E-state index contributed by atoms with van der Waals surface area (Å²) in [5, 5.41) is 12.3. The fourth-order valence-electron chi connectivity index (χ4n) is 4.31. The topological polar surface area (TPSA) is 106 Å². The van der Waals surface area contributed by atoms with E-state index in [2.05, 4.69) is 15.3 Å². The number of aromatic amines is 1. The van der Waals surface area contributed by atoms with E-state index in [9.17, 15) is 9.90 Å². The quantitative estimate of drug-likeness (QED) is 0.422. The molecule has 34 heavy (non-hydrogen) atoms. The molecule has 180 valence electrons. The lowest BCUT2D eigenvalue weighted by molar-refractivity contribution is -0.166. The molecule has 8 heteroatoms. The summed E-state index contributed by atoms with van der Waals surface area (Å²) in [6.07, 6.45) is 2.57. The smallest absolute Gasteiger partial charge is 0.286 e. The SMILES string of the molecule is CCO[C@H]1OC(C(=O)NCc2nc3ccccc3[nH]2)=C[C@@H](c2ccc(OC)cc2)[C@@H]1CCCO. The third-order valence-electron chi connectivity index (χ3n) is 5.99. The molecule has 0 radical (unpaired) electrons. The molecule has 2 aromatic carbocycles. The van der Waals surface area contributed by atoms with Crippen LogP contribution in [0, 0.1) is 5.92 Å². The van der Waals surface area contributed by atoms with Crippen molar-refractivity contribution in [3.05, 3.63) is 71.8 Å². The third-order valence-corrected chi connectivity index (χ3v) is 5.99. The van der Waals surface area contributed by atoms with Crippen LogP contribution < -0.4 is 10.1 Å². The number of aliphatic hydroxyl groups excluding tert-OH is 1. The molecule has 3 atom stereocenters. The predicted molar refractivity (Wildman–Crippen MR) is 128 cm³/mol. The molecule has 3 N–H and O–H groups in total. The standard InChI is InChI=1S/C26H31N3O5/c1-3-33-26-19(7-6-14-30)20(17-10-12-18(32-2)13-11-17)15-23(34-26)25(31)27-16-24-28-21-8-4-5-9-22(21)29-24/h4-5,8-13,15,19-20,26,30H,3,6-7,14,16H2,1-2H3,(H,27,31)(H,28,29)/t19-,20-,26-/m0/s1. The summed E-state index contributed by atoms with van der Waals surface area (Å²) in [4.78, 5) is 20.8. The number of imidazole rings is 1. The van der Waals surface area contributed by atoms with Crippen LogP contribution in [0.2, 0.25) is 0 Å². The summed E-state index contributed by atoms with van der Waals surface area (Å²) in [5.74, 6) is 1.15. The molecule has 0 bridgehead atoms. The van der Waals surface area contributed by atoms with E-state index in [0.29, 0.717) is 25.3 Å². The molecule has 0 fully saturated rings. The Balaban J connectivity index is 1.56. The van der Waals surface area contributed by atoms with Gasteiger partial charge in [0.05, 0.1) is 24.7 Å². The average molecular weight is 466 g/mol. The lowest BCUT2D eigenvalue weighted by Gasteiger charge is -2.37. The minimum absolute atomic E-state index is 0.0487. The van der Waals surface area contributed by atoms with Crippen LogP contribution in [0.25, 0.3) is 11.0 Å². The van der Waals surface area contributed by atoms with Gasteiger partial charge in [0.15, 0.2) is 5.76 Å². The first kappa shape index (κ1) is 23.8. The fourth-order valence-corrected chi connectivity index (χ4v) is 4.31. The molecule has 0 spiro atoms. The Kier molecular flexibility index (Phi) is 7.82. The minimum Gasteiger partial charge on any atom is -0.497 e. The Labute approximate surface area is 198 Å². The number of H-pyrrole nitrogens is 1. The number of amides is 1. The average Bonchev–Trinajstić information content (AvgIpc) is 3.29. The van der Waals surface area contributed by atoms with Crippen molar-refractivity contribution in [2.75, 3.05) is 20.3 Å². The molecule has 1 aliphatic heterocycles. The number of rotatable bonds is 10. The lowest BCUT2D eigenvalue weighted by atomic mass is 9.80. The van der Waals surface area contributed by atoms with E-state index < -0.39 is 6.29 Å². The van der Waals surface area contributed by atoms with Crippen molar-refractivity contribution in [2.24, 2.45) is 5.92 Å². The summed E-state index contributed by atoms with van der Waals surface area (Å²) in [7, 11) is 1.63. The van der Waals surface area contributed by atoms with E-state index in [1.54, 1.807) is 7.11 Å². The summed E-state index contributed by atoms with van der Waals surface area (Å²) in [6.45, 7) is 2.67. The maximum atomic E-state index is 13.1. The molecular formula is C26H31N3O5. The molecule has 0 saturated carbocycles. The lowest BCUT2D eigenvalue weighted by Crippen LogP contribution is -2.39. The molecule has 4 rings (SSSR count). The second-order valence-electron chi connectivity index (χ2n) is 8.18. The van der Waals surface area contributed by atoms with E-state index in [-0.39, 0.29) is 36.7 Å². The summed E-state index contributed by atoms with van der Waals surface area (Å²) < 4.78 is 17.2. The van der Waals surface area contributed by atoms with Gasteiger partial charge < -0.3 is 29.6 Å². The van der Waals surface area contributed by atoms with Crippen LogP contribution in [0.3, 0.4) is 0 Å². The Morgan fingerprint density at radius 2 is 2.00 bits per heavy atom. The van der Waals surface area contributed by atoms with Gasteiger partial charge in [0, 0.05) is 25.0 Å². The van der Waals surface area contributed by atoms with Crippen molar-refractivity contribution in [2.45, 2.75) is 38.5 Å². The zero-order valence-electron chi connectivity index (χ0n) is 19.5. The largest absolute Gasteiger partial charge is 0.497 e. The highest BCUT2D eigenvalue weighted by Crippen LogP contribution is 2.39. The highest BCUT2D eigenvalue weighted by atomic mass is 16.7. The van der Waals surface area contributed by atoms with Gasteiger partial charge in [0.25, 0.3) is 5.91 Å². The van der Waals surface area contributed by atoms with E-state index >= 15 is 0 Å². The number of hydrogen-bond acceptors (Lipinski definition) is 6. The maximum absolute atomic E-state index is 13.1. The fraction of sp³-hybridized carbons (Fsp3) is 0.385. The second kappa shape index (κ2) is 11.2. The Morgan fingerprint density at radius 1 is 1.21 bits per heavy atom. The number of methoxy groups -OCH3 is 1. The number of para-hydroxylation sites is 2. The van der Waals surface area contributed by atoms with Gasteiger partial charge in [-0.15, -0.1) is 0 Å². The van der Waals surface area contributed by atoms with E-state index in [1.807, 2.05) is 61.5 Å². The summed E-state index contributed by atoms with van der Waals surface area (Å²) in [5.41, 5.74) is 2.80. The summed E-state index contributed by atoms with van der Waals surface area (Å²) >= 11 is 0. The van der Waals surface area contributed by atoms with E-state index in [4.69, 9.17) is 14.2 Å². The molecule has 2 heterocycles. The molecule has 0 saturated heterocycles. The number of aliphatic hydroxyl groups is 1. The number of fused-ring (bicyclic) bond motifs is 1. The summed E-state index contributed by atoms with van der Waals surface area (Å²) in [6, 6.07) is 15.5. The molecular weight excluding hydrogens is 434 g/mol. The molecule has 1 aromatic heterocycles. The zero-order valence-corrected chi connectivity index (χ0v) is 19.5. The highest BCUT2D eigenvalue weighted by Gasteiger charge is 2.37. The van der Waals surface area contributed by atoms with Crippen LogP contribution in [0.1, 0.15) is 37.1 Å². The van der Waals surface area contributed by atoms with Gasteiger partial charge in [-0.05, 0) is 55.7 Å². The number of hydrogen-bond donors (Lipinski definition) is 3. The van der Waals surface area contributed by atoms with Crippen LogP contribution >= 0.6 is 0 Å². The third kappa shape index (κ3) is 5.40. The molecule has 8 nitrogen and oxygen atoms in total. The van der Waals surface area contributed by atoms with Crippen LogP contribution in [0.5, 0.6) is 5.75 Å². The van der Waals surface area contributed by atoms with Gasteiger partial charge in [-0.2, -0.15) is 0 Å². The van der Waals surface area contributed by atoms with Gasteiger partial charge >= 0.3 is 0 Å². The molecule has 1 amide bonds. The molecule has 0 aliphatic carbocycles. The van der Waals surface area contributed by atoms with Gasteiger partial charge in [0.2, 0.25) is 6.29 Å². The first-order valence-corrected chi connectivity index (χ1v) is 11.6. The highest BCUT2D eigenvalue weighted by molar-refractivity contribution is 5.91. The van der Waals surface area contributed by atoms with Gasteiger partial charge in [-0.25, -0.2) is 4.98 Å². The zero-order chi connectivity index (χ0) is 23.9. The molecule has 3 aromatic rings. The number of carbonyl (C=O) groups excluding carboxylic acids is 1. The predicted octanol–water partition coefficient (Wildman–Crippen LogP) is 3.64. The van der Waals surface area contributed by atoms with E-state index in [0.717, 1.165) is 22.3 Å². The van der Waals surface area contributed by atoms with Gasteiger partial charge in [0.1, 0.15) is 11.6 Å².